The lowest BCUT2D eigenvalue weighted by molar-refractivity contribution is -0.385. The molecule has 6 heteroatoms. The van der Waals surface area contributed by atoms with Crippen LogP contribution in [-0.2, 0) is 13.2 Å². The largest absolute Gasteiger partial charge is 0.488 e. The van der Waals surface area contributed by atoms with Crippen LogP contribution in [0.5, 0.6) is 5.75 Å². The summed E-state index contributed by atoms with van der Waals surface area (Å²) >= 11 is 5.90. The molecule has 0 aromatic heterocycles. The molecule has 0 saturated carbocycles. The lowest BCUT2D eigenvalue weighted by Gasteiger charge is -2.11. The molecule has 21 heavy (non-hydrogen) atoms. The fourth-order valence-electron chi connectivity index (χ4n) is 1.98. The minimum atomic E-state index is -0.436. The van der Waals surface area contributed by atoms with Crippen molar-refractivity contribution in [3.05, 3.63) is 68.7 Å². The molecule has 0 amide bonds. The van der Waals surface area contributed by atoms with Gasteiger partial charge in [0.1, 0.15) is 12.4 Å². The zero-order valence-electron chi connectivity index (χ0n) is 11.5. The first-order valence-corrected chi connectivity index (χ1v) is 6.77. The highest BCUT2D eigenvalue weighted by molar-refractivity contribution is 6.30. The Labute approximate surface area is 127 Å². The maximum absolute atomic E-state index is 11.0. The number of nitrogens with one attached hydrogen (secondary N) is 1. The molecule has 0 aliphatic heterocycles. The van der Waals surface area contributed by atoms with Crippen LogP contribution in [0.25, 0.3) is 0 Å². The van der Waals surface area contributed by atoms with Gasteiger partial charge in [0.15, 0.2) is 0 Å². The number of nitrogens with zero attached hydrogens (tertiary/aromatic N) is 1. The Bertz CT molecular complexity index is 647. The normalized spacial score (nSPS) is 10.4. The topological polar surface area (TPSA) is 64.4 Å². The van der Waals surface area contributed by atoms with Crippen LogP contribution < -0.4 is 10.1 Å². The highest BCUT2D eigenvalue weighted by Gasteiger charge is 2.15. The fourth-order valence-corrected chi connectivity index (χ4v) is 2.18. The molecule has 2 aromatic carbocycles. The van der Waals surface area contributed by atoms with E-state index in [0.29, 0.717) is 22.9 Å². The van der Waals surface area contributed by atoms with Crippen LogP contribution in [0.15, 0.2) is 42.5 Å². The van der Waals surface area contributed by atoms with Crippen molar-refractivity contribution in [2.45, 2.75) is 13.2 Å². The van der Waals surface area contributed by atoms with Crippen LogP contribution in [0.1, 0.15) is 11.1 Å². The molecule has 0 unspecified atom stereocenters. The number of rotatable bonds is 6. The lowest BCUT2D eigenvalue weighted by Crippen LogP contribution is -2.08. The van der Waals surface area contributed by atoms with E-state index in [1.54, 1.807) is 6.07 Å². The van der Waals surface area contributed by atoms with Gasteiger partial charge in [0, 0.05) is 23.2 Å². The van der Waals surface area contributed by atoms with E-state index in [-0.39, 0.29) is 12.3 Å². The Balaban J connectivity index is 2.20. The minimum Gasteiger partial charge on any atom is -0.488 e. The molecule has 2 aromatic rings. The smallest absolute Gasteiger partial charge is 0.276 e. The van der Waals surface area contributed by atoms with Gasteiger partial charge >= 0.3 is 0 Å². The van der Waals surface area contributed by atoms with Gasteiger partial charge in [-0.3, -0.25) is 10.1 Å². The molecular formula is C15H15ClN2O3. The van der Waals surface area contributed by atoms with E-state index in [2.05, 4.69) is 5.32 Å². The Morgan fingerprint density at radius 2 is 2.00 bits per heavy atom. The van der Waals surface area contributed by atoms with E-state index in [1.807, 2.05) is 31.3 Å². The first-order chi connectivity index (χ1) is 10.1. The number of para-hydroxylation sites is 1. The van der Waals surface area contributed by atoms with Gasteiger partial charge in [-0.05, 0) is 25.2 Å². The summed E-state index contributed by atoms with van der Waals surface area (Å²) in [6.45, 7) is 0.755. The van der Waals surface area contributed by atoms with Crippen LogP contribution in [-0.4, -0.2) is 12.0 Å². The summed E-state index contributed by atoms with van der Waals surface area (Å²) < 4.78 is 5.72. The van der Waals surface area contributed by atoms with Crippen LogP contribution in [0.2, 0.25) is 5.02 Å². The van der Waals surface area contributed by atoms with Crippen molar-refractivity contribution in [3.8, 4) is 5.75 Å². The summed E-state index contributed by atoms with van der Waals surface area (Å²) in [5.41, 5.74) is 1.45. The van der Waals surface area contributed by atoms with E-state index >= 15 is 0 Å². The molecule has 0 bridgehead atoms. The van der Waals surface area contributed by atoms with E-state index in [4.69, 9.17) is 16.3 Å². The Morgan fingerprint density at radius 1 is 1.24 bits per heavy atom. The maximum Gasteiger partial charge on any atom is 0.276 e. The van der Waals surface area contributed by atoms with Crippen molar-refractivity contribution in [3.63, 3.8) is 0 Å². The average Bonchev–Trinajstić information content (AvgIpc) is 2.46. The van der Waals surface area contributed by atoms with Crippen molar-refractivity contribution in [2.75, 3.05) is 7.05 Å². The van der Waals surface area contributed by atoms with Crippen molar-refractivity contribution < 1.29 is 9.66 Å². The summed E-state index contributed by atoms with van der Waals surface area (Å²) in [6, 6.07) is 12.0. The summed E-state index contributed by atoms with van der Waals surface area (Å²) in [5, 5.41) is 14.5. The maximum atomic E-state index is 11.0. The van der Waals surface area contributed by atoms with E-state index in [1.165, 1.54) is 12.1 Å². The predicted octanol–water partition coefficient (Wildman–Crippen LogP) is 3.55. The molecule has 0 radical (unpaired) electrons. The van der Waals surface area contributed by atoms with E-state index in [9.17, 15) is 10.1 Å². The van der Waals surface area contributed by atoms with Gasteiger partial charge in [0.2, 0.25) is 0 Å². The molecule has 5 nitrogen and oxygen atoms in total. The van der Waals surface area contributed by atoms with Gasteiger partial charge in [0.05, 0.1) is 10.5 Å². The number of hydrogen-bond acceptors (Lipinski definition) is 4. The number of nitro groups is 1. The molecular weight excluding hydrogens is 292 g/mol. The third-order valence-corrected chi connectivity index (χ3v) is 3.20. The zero-order chi connectivity index (χ0) is 15.2. The minimum absolute atomic E-state index is 0.00509. The highest BCUT2D eigenvalue weighted by atomic mass is 35.5. The number of hydrogen-bond donors (Lipinski definition) is 1. The summed E-state index contributed by atoms with van der Waals surface area (Å²) in [5.74, 6) is 0.695. The van der Waals surface area contributed by atoms with Gasteiger partial charge in [-0.1, -0.05) is 29.8 Å². The monoisotopic (exact) mass is 306 g/mol. The molecule has 110 valence electrons. The highest BCUT2D eigenvalue weighted by Crippen LogP contribution is 2.25. The molecule has 2 rings (SSSR count). The third-order valence-electron chi connectivity index (χ3n) is 2.96. The van der Waals surface area contributed by atoms with Gasteiger partial charge in [-0.15, -0.1) is 0 Å². The zero-order valence-corrected chi connectivity index (χ0v) is 12.3. The first kappa shape index (κ1) is 15.3. The standard InChI is InChI=1S/C15H15ClN2O3/c1-17-9-11-4-2-3-5-15(11)21-10-12-8-13(16)6-7-14(12)18(19)20/h2-8,17H,9-10H2,1H3. The molecule has 0 aliphatic carbocycles. The van der Waals surface area contributed by atoms with Crippen molar-refractivity contribution in [1.29, 1.82) is 0 Å². The number of ether oxygens (including phenoxy) is 1. The van der Waals surface area contributed by atoms with Crippen molar-refractivity contribution >= 4 is 17.3 Å². The van der Waals surface area contributed by atoms with E-state index < -0.39 is 4.92 Å². The summed E-state index contributed by atoms with van der Waals surface area (Å²) in [4.78, 5) is 10.6. The van der Waals surface area contributed by atoms with Gasteiger partial charge < -0.3 is 10.1 Å². The molecule has 1 N–H and O–H groups in total. The summed E-state index contributed by atoms with van der Waals surface area (Å²) in [6.07, 6.45) is 0. The predicted molar refractivity (Wildman–Crippen MR) is 81.6 cm³/mol. The number of halogens is 1. The Hall–Kier alpha value is -2.11. The third kappa shape index (κ3) is 3.93. The van der Waals surface area contributed by atoms with Crippen molar-refractivity contribution in [2.24, 2.45) is 0 Å². The number of nitro benzene ring substituents is 1. The van der Waals surface area contributed by atoms with Gasteiger partial charge in [0.25, 0.3) is 5.69 Å². The van der Waals surface area contributed by atoms with Gasteiger partial charge in [-0.25, -0.2) is 0 Å². The average molecular weight is 307 g/mol. The Kier molecular flexibility index (Phi) is 5.14. The molecule has 0 fully saturated rings. The SMILES string of the molecule is CNCc1ccccc1OCc1cc(Cl)ccc1[N+](=O)[O-]. The second-order valence-corrected chi connectivity index (χ2v) is 4.89. The quantitative estimate of drug-likeness (QED) is 0.655. The fraction of sp³-hybridized carbons (Fsp3) is 0.200. The molecule has 0 heterocycles. The molecule has 0 spiro atoms. The van der Waals surface area contributed by atoms with E-state index in [0.717, 1.165) is 5.56 Å². The van der Waals surface area contributed by atoms with Crippen molar-refractivity contribution in [1.82, 2.24) is 5.32 Å². The molecule has 0 aliphatic rings. The summed E-state index contributed by atoms with van der Waals surface area (Å²) in [7, 11) is 1.85. The molecule has 0 saturated heterocycles. The van der Waals surface area contributed by atoms with Crippen LogP contribution in [0, 0.1) is 10.1 Å². The Morgan fingerprint density at radius 3 is 2.71 bits per heavy atom. The first-order valence-electron chi connectivity index (χ1n) is 6.40. The van der Waals surface area contributed by atoms with Crippen LogP contribution >= 0.6 is 11.6 Å². The van der Waals surface area contributed by atoms with Crippen LogP contribution in [0.3, 0.4) is 0 Å². The second kappa shape index (κ2) is 7.06. The van der Waals surface area contributed by atoms with Gasteiger partial charge in [-0.2, -0.15) is 0 Å². The molecule has 0 atom stereocenters. The number of benzene rings is 2. The van der Waals surface area contributed by atoms with Crippen LogP contribution in [0.4, 0.5) is 5.69 Å². The lowest BCUT2D eigenvalue weighted by atomic mass is 10.2. The second-order valence-electron chi connectivity index (χ2n) is 4.46.